The highest BCUT2D eigenvalue weighted by Gasteiger charge is 2.24. The second-order valence-corrected chi connectivity index (χ2v) is 6.42. The van der Waals surface area contributed by atoms with E-state index in [1.807, 2.05) is 6.07 Å². The molecule has 0 saturated carbocycles. The number of carboxylic acid groups (broad SMARTS) is 1. The first-order chi connectivity index (χ1) is 9.26. The second-order valence-electron chi connectivity index (χ2n) is 4.71. The van der Waals surface area contributed by atoms with Gasteiger partial charge in [0, 0.05) is 6.04 Å². The van der Waals surface area contributed by atoms with Gasteiger partial charge < -0.3 is 5.11 Å². The van der Waals surface area contributed by atoms with Gasteiger partial charge in [0.2, 0.25) is 10.0 Å². The molecular weight excluding hydrogens is 280 g/mol. The highest BCUT2D eigenvalue weighted by molar-refractivity contribution is 7.89. The summed E-state index contributed by atoms with van der Waals surface area (Å²) in [6.07, 6.45) is -0.285. The standard InChI is InChI=1S/C13H16N2O4S/c1-9(2)12(7-13(16)17)15-20(18,19)11-5-3-10(8-14)4-6-11/h3-6,9,12,15H,7H2,1-2H3,(H,16,17). The van der Waals surface area contributed by atoms with E-state index < -0.39 is 22.0 Å². The number of nitriles is 1. The van der Waals surface area contributed by atoms with Crippen LogP contribution in [0.25, 0.3) is 0 Å². The van der Waals surface area contributed by atoms with E-state index in [-0.39, 0.29) is 17.2 Å². The summed E-state index contributed by atoms with van der Waals surface area (Å²) in [4.78, 5) is 10.8. The Labute approximate surface area is 118 Å². The van der Waals surface area contributed by atoms with Gasteiger partial charge in [0.05, 0.1) is 22.9 Å². The van der Waals surface area contributed by atoms with Gasteiger partial charge in [-0.15, -0.1) is 0 Å². The summed E-state index contributed by atoms with van der Waals surface area (Å²) in [6.45, 7) is 3.49. The van der Waals surface area contributed by atoms with Crippen LogP contribution in [0, 0.1) is 17.2 Å². The third-order valence-electron chi connectivity index (χ3n) is 2.80. The van der Waals surface area contributed by atoms with Crippen LogP contribution in [-0.4, -0.2) is 25.5 Å². The minimum Gasteiger partial charge on any atom is -0.481 e. The topological polar surface area (TPSA) is 107 Å². The van der Waals surface area contributed by atoms with Crippen LogP contribution in [0.3, 0.4) is 0 Å². The molecule has 1 aromatic rings. The van der Waals surface area contributed by atoms with Crippen molar-refractivity contribution in [2.75, 3.05) is 0 Å². The molecule has 0 heterocycles. The van der Waals surface area contributed by atoms with Gasteiger partial charge in [-0.3, -0.25) is 4.79 Å². The van der Waals surface area contributed by atoms with Crippen LogP contribution in [0.2, 0.25) is 0 Å². The van der Waals surface area contributed by atoms with Gasteiger partial charge in [-0.25, -0.2) is 13.1 Å². The Morgan fingerprint density at radius 2 is 1.90 bits per heavy atom. The van der Waals surface area contributed by atoms with Crippen LogP contribution in [0.4, 0.5) is 0 Å². The summed E-state index contributed by atoms with van der Waals surface area (Å²) < 4.78 is 26.7. The molecule has 20 heavy (non-hydrogen) atoms. The average molecular weight is 296 g/mol. The van der Waals surface area contributed by atoms with Crippen LogP contribution in [0.15, 0.2) is 29.2 Å². The molecule has 7 heteroatoms. The Bertz CT molecular complexity index is 615. The number of benzene rings is 1. The van der Waals surface area contributed by atoms with Gasteiger partial charge in [0.25, 0.3) is 0 Å². The third kappa shape index (κ3) is 4.33. The fourth-order valence-electron chi connectivity index (χ4n) is 1.58. The number of carbonyl (C=O) groups is 1. The zero-order valence-corrected chi connectivity index (χ0v) is 12.0. The van der Waals surface area contributed by atoms with Gasteiger partial charge in [-0.1, -0.05) is 13.8 Å². The van der Waals surface area contributed by atoms with E-state index in [4.69, 9.17) is 10.4 Å². The summed E-state index contributed by atoms with van der Waals surface area (Å²) in [5.74, 6) is -1.22. The number of rotatable bonds is 6. The Morgan fingerprint density at radius 3 is 2.30 bits per heavy atom. The molecule has 6 nitrogen and oxygen atoms in total. The molecule has 1 aromatic carbocycles. The van der Waals surface area contributed by atoms with Crippen molar-refractivity contribution in [2.24, 2.45) is 5.92 Å². The first-order valence-electron chi connectivity index (χ1n) is 6.00. The second kappa shape index (κ2) is 6.50. The number of nitrogens with one attached hydrogen (secondary N) is 1. The van der Waals surface area contributed by atoms with Crippen LogP contribution >= 0.6 is 0 Å². The Balaban J connectivity index is 2.97. The number of carboxylic acids is 1. The maximum absolute atomic E-state index is 12.1. The SMILES string of the molecule is CC(C)C(CC(=O)O)NS(=O)(=O)c1ccc(C#N)cc1. The van der Waals surface area contributed by atoms with E-state index in [0.717, 1.165) is 0 Å². The van der Waals surface area contributed by atoms with Crippen molar-refractivity contribution < 1.29 is 18.3 Å². The number of nitrogens with zero attached hydrogens (tertiary/aromatic N) is 1. The van der Waals surface area contributed by atoms with Crippen molar-refractivity contribution in [1.82, 2.24) is 4.72 Å². The van der Waals surface area contributed by atoms with Crippen molar-refractivity contribution in [3.63, 3.8) is 0 Å². The van der Waals surface area contributed by atoms with E-state index in [2.05, 4.69) is 4.72 Å². The van der Waals surface area contributed by atoms with E-state index in [1.165, 1.54) is 24.3 Å². The van der Waals surface area contributed by atoms with E-state index in [1.54, 1.807) is 13.8 Å². The molecule has 0 radical (unpaired) electrons. The molecule has 0 aliphatic rings. The predicted molar refractivity (Wildman–Crippen MR) is 72.4 cm³/mol. The molecule has 0 bridgehead atoms. The Kier molecular flexibility index (Phi) is 5.25. The molecule has 0 fully saturated rings. The summed E-state index contributed by atoms with van der Waals surface area (Å²) in [5, 5.41) is 17.5. The van der Waals surface area contributed by atoms with Crippen molar-refractivity contribution in [3.8, 4) is 6.07 Å². The normalized spacial score (nSPS) is 12.9. The summed E-state index contributed by atoms with van der Waals surface area (Å²) >= 11 is 0. The lowest BCUT2D eigenvalue weighted by Crippen LogP contribution is -2.40. The average Bonchev–Trinajstić information content (AvgIpc) is 2.37. The molecule has 1 unspecified atom stereocenters. The number of sulfonamides is 1. The molecule has 0 aliphatic carbocycles. The van der Waals surface area contributed by atoms with E-state index in [9.17, 15) is 13.2 Å². The predicted octanol–water partition coefficient (Wildman–Crippen LogP) is 1.34. The van der Waals surface area contributed by atoms with Gasteiger partial charge >= 0.3 is 5.97 Å². The van der Waals surface area contributed by atoms with Crippen molar-refractivity contribution in [3.05, 3.63) is 29.8 Å². The minimum atomic E-state index is -3.80. The molecule has 1 rings (SSSR count). The van der Waals surface area contributed by atoms with Crippen molar-refractivity contribution in [2.45, 2.75) is 31.2 Å². The highest BCUT2D eigenvalue weighted by atomic mass is 32.2. The van der Waals surface area contributed by atoms with Crippen LogP contribution in [-0.2, 0) is 14.8 Å². The molecule has 108 valence electrons. The van der Waals surface area contributed by atoms with Gasteiger partial charge in [-0.2, -0.15) is 5.26 Å². The van der Waals surface area contributed by atoms with Gasteiger partial charge in [0.1, 0.15) is 0 Å². The fraction of sp³-hybridized carbons (Fsp3) is 0.385. The zero-order valence-electron chi connectivity index (χ0n) is 11.2. The minimum absolute atomic E-state index is 0.00698. The lowest BCUT2D eigenvalue weighted by molar-refractivity contribution is -0.137. The van der Waals surface area contributed by atoms with Gasteiger partial charge in [0.15, 0.2) is 0 Å². The van der Waals surface area contributed by atoms with Crippen LogP contribution in [0.1, 0.15) is 25.8 Å². The van der Waals surface area contributed by atoms with E-state index >= 15 is 0 Å². The lowest BCUT2D eigenvalue weighted by Gasteiger charge is -2.20. The summed E-state index contributed by atoms with van der Waals surface area (Å²) in [5.41, 5.74) is 0.356. The third-order valence-corrected chi connectivity index (χ3v) is 4.31. The maximum atomic E-state index is 12.1. The zero-order chi connectivity index (χ0) is 15.3. The largest absolute Gasteiger partial charge is 0.481 e. The van der Waals surface area contributed by atoms with Gasteiger partial charge in [-0.05, 0) is 30.2 Å². The van der Waals surface area contributed by atoms with Crippen LogP contribution in [0.5, 0.6) is 0 Å². The number of hydrogen-bond acceptors (Lipinski definition) is 4. The summed E-state index contributed by atoms with van der Waals surface area (Å²) in [6, 6.07) is 6.65. The highest BCUT2D eigenvalue weighted by Crippen LogP contribution is 2.14. The van der Waals surface area contributed by atoms with Crippen LogP contribution < -0.4 is 4.72 Å². The molecule has 0 saturated heterocycles. The maximum Gasteiger partial charge on any atom is 0.304 e. The molecule has 2 N–H and O–H groups in total. The quantitative estimate of drug-likeness (QED) is 0.823. The molecule has 1 atom stereocenters. The Hall–Kier alpha value is -1.91. The van der Waals surface area contributed by atoms with Crippen molar-refractivity contribution in [1.29, 1.82) is 5.26 Å². The molecular formula is C13H16N2O4S. The monoisotopic (exact) mass is 296 g/mol. The van der Waals surface area contributed by atoms with Crippen molar-refractivity contribution >= 4 is 16.0 Å². The molecule has 0 spiro atoms. The smallest absolute Gasteiger partial charge is 0.304 e. The number of aliphatic carboxylic acids is 1. The molecule has 0 aromatic heterocycles. The fourth-order valence-corrected chi connectivity index (χ4v) is 2.96. The molecule has 0 amide bonds. The number of hydrogen-bond donors (Lipinski definition) is 2. The summed E-state index contributed by atoms with van der Waals surface area (Å²) in [7, 11) is -3.80. The molecule has 0 aliphatic heterocycles. The Morgan fingerprint density at radius 1 is 1.35 bits per heavy atom. The van der Waals surface area contributed by atoms with E-state index in [0.29, 0.717) is 5.56 Å². The first kappa shape index (κ1) is 16.1. The lowest BCUT2D eigenvalue weighted by atomic mass is 10.0. The first-order valence-corrected chi connectivity index (χ1v) is 7.49.